The van der Waals surface area contributed by atoms with Crippen molar-refractivity contribution in [3.05, 3.63) is 29.8 Å². The Balaban J connectivity index is 2.35. The standard InChI is InChI=1S/C15H24N2O2/c1-11(2)9-14(16)15(18)17-8-7-12-5-4-6-13(10-12)19-3/h4-6,10-11,14H,7-9,16H2,1-3H3,(H,17,18)/t14-/m1/s1. The number of benzene rings is 1. The number of rotatable bonds is 7. The van der Waals surface area contributed by atoms with Gasteiger partial charge in [0.15, 0.2) is 0 Å². The Kier molecular flexibility index (Phi) is 6.36. The van der Waals surface area contributed by atoms with Crippen LogP contribution >= 0.6 is 0 Å². The van der Waals surface area contributed by atoms with Crippen molar-refractivity contribution in [2.24, 2.45) is 11.7 Å². The molecule has 0 aliphatic heterocycles. The molecular weight excluding hydrogens is 240 g/mol. The minimum absolute atomic E-state index is 0.0726. The van der Waals surface area contributed by atoms with E-state index in [9.17, 15) is 4.79 Å². The Hall–Kier alpha value is -1.55. The predicted octanol–water partition coefficient (Wildman–Crippen LogP) is 1.73. The molecule has 1 atom stereocenters. The second-order valence-electron chi connectivity index (χ2n) is 5.13. The first-order valence-corrected chi connectivity index (χ1v) is 6.69. The molecule has 0 aliphatic carbocycles. The van der Waals surface area contributed by atoms with Crippen molar-refractivity contribution in [1.82, 2.24) is 5.32 Å². The van der Waals surface area contributed by atoms with E-state index >= 15 is 0 Å². The van der Waals surface area contributed by atoms with Gasteiger partial charge in [0.25, 0.3) is 0 Å². The van der Waals surface area contributed by atoms with E-state index in [-0.39, 0.29) is 5.91 Å². The number of carbonyl (C=O) groups excluding carboxylic acids is 1. The topological polar surface area (TPSA) is 64.3 Å². The number of amides is 1. The second kappa shape index (κ2) is 7.79. The van der Waals surface area contributed by atoms with Gasteiger partial charge in [-0.15, -0.1) is 0 Å². The van der Waals surface area contributed by atoms with Crippen LogP contribution in [0.1, 0.15) is 25.8 Å². The summed E-state index contributed by atoms with van der Waals surface area (Å²) in [5, 5.41) is 2.87. The van der Waals surface area contributed by atoms with Gasteiger partial charge in [-0.05, 0) is 36.5 Å². The highest BCUT2D eigenvalue weighted by Gasteiger charge is 2.13. The molecule has 0 fully saturated rings. The lowest BCUT2D eigenvalue weighted by Crippen LogP contribution is -2.42. The summed E-state index contributed by atoms with van der Waals surface area (Å²) < 4.78 is 5.16. The van der Waals surface area contributed by atoms with Crippen molar-refractivity contribution in [3.8, 4) is 5.75 Å². The normalized spacial score (nSPS) is 12.3. The van der Waals surface area contributed by atoms with Crippen LogP contribution in [-0.2, 0) is 11.2 Å². The lowest BCUT2D eigenvalue weighted by molar-refractivity contribution is -0.122. The zero-order valence-corrected chi connectivity index (χ0v) is 12.0. The van der Waals surface area contributed by atoms with Crippen LogP contribution in [0.5, 0.6) is 5.75 Å². The first-order chi connectivity index (χ1) is 9.02. The molecule has 1 rings (SSSR count). The molecule has 106 valence electrons. The molecule has 0 aliphatic rings. The Labute approximate surface area is 115 Å². The van der Waals surface area contributed by atoms with Crippen molar-refractivity contribution in [2.75, 3.05) is 13.7 Å². The quantitative estimate of drug-likeness (QED) is 0.788. The molecule has 0 heterocycles. The molecule has 0 unspecified atom stereocenters. The van der Waals surface area contributed by atoms with Crippen molar-refractivity contribution < 1.29 is 9.53 Å². The molecule has 3 N–H and O–H groups in total. The minimum atomic E-state index is -0.412. The zero-order valence-electron chi connectivity index (χ0n) is 12.0. The maximum Gasteiger partial charge on any atom is 0.236 e. The molecule has 0 saturated carbocycles. The molecule has 1 aromatic rings. The zero-order chi connectivity index (χ0) is 14.3. The van der Waals surface area contributed by atoms with Gasteiger partial charge in [-0.1, -0.05) is 26.0 Å². The van der Waals surface area contributed by atoms with Crippen molar-refractivity contribution in [3.63, 3.8) is 0 Å². The summed E-state index contributed by atoms with van der Waals surface area (Å²) in [7, 11) is 1.64. The van der Waals surface area contributed by atoms with Crippen molar-refractivity contribution in [1.29, 1.82) is 0 Å². The van der Waals surface area contributed by atoms with Crippen molar-refractivity contribution >= 4 is 5.91 Å². The van der Waals surface area contributed by atoms with Crippen molar-refractivity contribution in [2.45, 2.75) is 32.7 Å². The summed E-state index contributed by atoms with van der Waals surface area (Å²) in [6.07, 6.45) is 1.49. The Morgan fingerprint density at radius 1 is 1.42 bits per heavy atom. The van der Waals surface area contributed by atoms with Crippen LogP contribution in [0.15, 0.2) is 24.3 Å². The highest BCUT2D eigenvalue weighted by Crippen LogP contribution is 2.12. The highest BCUT2D eigenvalue weighted by atomic mass is 16.5. The van der Waals surface area contributed by atoms with Crippen LogP contribution in [0.25, 0.3) is 0 Å². The van der Waals surface area contributed by atoms with Crippen LogP contribution in [-0.4, -0.2) is 25.6 Å². The Bertz CT molecular complexity index is 405. The molecule has 0 spiro atoms. The number of ether oxygens (including phenoxy) is 1. The fourth-order valence-corrected chi connectivity index (χ4v) is 1.90. The second-order valence-corrected chi connectivity index (χ2v) is 5.13. The van der Waals surface area contributed by atoms with Gasteiger partial charge < -0.3 is 15.8 Å². The Morgan fingerprint density at radius 2 is 2.16 bits per heavy atom. The molecule has 1 amide bonds. The van der Waals surface area contributed by atoms with E-state index < -0.39 is 6.04 Å². The third kappa shape index (κ3) is 5.75. The number of nitrogens with two attached hydrogens (primary N) is 1. The fraction of sp³-hybridized carbons (Fsp3) is 0.533. The number of nitrogens with one attached hydrogen (secondary N) is 1. The molecule has 0 aromatic heterocycles. The monoisotopic (exact) mass is 264 g/mol. The summed E-state index contributed by atoms with van der Waals surface area (Å²) in [4.78, 5) is 11.7. The van der Waals surface area contributed by atoms with Gasteiger partial charge in [0, 0.05) is 6.54 Å². The van der Waals surface area contributed by atoms with E-state index in [2.05, 4.69) is 19.2 Å². The number of carbonyl (C=O) groups is 1. The molecule has 4 nitrogen and oxygen atoms in total. The molecule has 1 aromatic carbocycles. The number of hydrogen-bond donors (Lipinski definition) is 2. The van der Waals surface area contributed by atoms with Gasteiger partial charge >= 0.3 is 0 Å². The first-order valence-electron chi connectivity index (χ1n) is 6.69. The molecule has 0 bridgehead atoms. The van der Waals surface area contributed by atoms with Crippen LogP contribution < -0.4 is 15.8 Å². The van der Waals surface area contributed by atoms with Gasteiger partial charge in [-0.3, -0.25) is 4.79 Å². The van der Waals surface area contributed by atoms with E-state index in [0.717, 1.165) is 17.7 Å². The van der Waals surface area contributed by atoms with Gasteiger partial charge in [0.1, 0.15) is 5.75 Å². The van der Waals surface area contributed by atoms with E-state index in [1.54, 1.807) is 7.11 Å². The molecule has 0 saturated heterocycles. The predicted molar refractivity (Wildman–Crippen MR) is 77.1 cm³/mol. The van der Waals surface area contributed by atoms with Gasteiger partial charge in [-0.25, -0.2) is 0 Å². The third-order valence-electron chi connectivity index (χ3n) is 2.91. The van der Waals surface area contributed by atoms with Crippen LogP contribution in [0.2, 0.25) is 0 Å². The third-order valence-corrected chi connectivity index (χ3v) is 2.91. The maximum absolute atomic E-state index is 11.7. The minimum Gasteiger partial charge on any atom is -0.497 e. The van der Waals surface area contributed by atoms with E-state index in [1.807, 2.05) is 24.3 Å². The summed E-state index contributed by atoms with van der Waals surface area (Å²) in [6.45, 7) is 4.71. The highest BCUT2D eigenvalue weighted by molar-refractivity contribution is 5.81. The van der Waals surface area contributed by atoms with E-state index in [4.69, 9.17) is 10.5 Å². The van der Waals surface area contributed by atoms with Gasteiger partial charge in [-0.2, -0.15) is 0 Å². The van der Waals surface area contributed by atoms with Crippen LogP contribution in [0.4, 0.5) is 0 Å². The molecule has 19 heavy (non-hydrogen) atoms. The summed E-state index contributed by atoms with van der Waals surface area (Å²) in [5.74, 6) is 1.19. The summed E-state index contributed by atoms with van der Waals surface area (Å²) in [6, 6.07) is 7.43. The molecule has 4 heteroatoms. The average Bonchev–Trinajstić information content (AvgIpc) is 2.38. The SMILES string of the molecule is COc1cccc(CCNC(=O)[C@H](N)CC(C)C)c1. The molecule has 0 radical (unpaired) electrons. The Morgan fingerprint density at radius 3 is 2.79 bits per heavy atom. The number of hydrogen-bond acceptors (Lipinski definition) is 3. The first kappa shape index (κ1) is 15.5. The fourth-order valence-electron chi connectivity index (χ4n) is 1.90. The summed E-state index contributed by atoms with van der Waals surface area (Å²) >= 11 is 0. The lowest BCUT2D eigenvalue weighted by atomic mass is 10.0. The largest absolute Gasteiger partial charge is 0.497 e. The van der Waals surface area contributed by atoms with Crippen LogP contribution in [0.3, 0.4) is 0 Å². The lowest BCUT2D eigenvalue weighted by Gasteiger charge is -2.14. The average molecular weight is 264 g/mol. The molecular formula is C15H24N2O2. The van der Waals surface area contributed by atoms with Gasteiger partial charge in [0.2, 0.25) is 5.91 Å². The van der Waals surface area contributed by atoms with E-state index in [1.165, 1.54) is 0 Å². The smallest absolute Gasteiger partial charge is 0.236 e. The summed E-state index contributed by atoms with van der Waals surface area (Å²) in [5.41, 5.74) is 6.95. The number of methoxy groups -OCH3 is 1. The maximum atomic E-state index is 11.7. The van der Waals surface area contributed by atoms with E-state index in [0.29, 0.717) is 18.9 Å². The van der Waals surface area contributed by atoms with Gasteiger partial charge in [0.05, 0.1) is 13.2 Å². The van der Waals surface area contributed by atoms with Crippen LogP contribution in [0, 0.1) is 5.92 Å².